The normalized spacial score (nSPS) is 24.5. The van der Waals surface area contributed by atoms with E-state index in [0.29, 0.717) is 25.9 Å². The van der Waals surface area contributed by atoms with E-state index in [1.54, 1.807) is 11.8 Å². The molecule has 1 unspecified atom stereocenters. The van der Waals surface area contributed by atoms with Gasteiger partial charge in [0.2, 0.25) is 17.6 Å². The Morgan fingerprint density at radius 2 is 1.53 bits per heavy atom. The number of nitrogens with zero attached hydrogens (tertiary/aromatic N) is 1. The van der Waals surface area contributed by atoms with Gasteiger partial charge in [-0.25, -0.2) is 9.59 Å². The fourth-order valence-electron chi connectivity index (χ4n) is 8.73. The average Bonchev–Trinajstić information content (AvgIpc) is 3.43. The molecule has 51 heavy (non-hydrogen) atoms. The Hall–Kier alpha value is -3.64. The summed E-state index contributed by atoms with van der Waals surface area (Å²) in [5.41, 5.74) is -0.175. The minimum absolute atomic E-state index is 0.0301. The second-order valence-electron chi connectivity index (χ2n) is 15.6. The number of likely N-dealkylation sites (tertiary alicyclic amines) is 1. The van der Waals surface area contributed by atoms with E-state index in [1.165, 1.54) is 6.08 Å². The number of urea groups is 1. The molecule has 6 atom stereocenters. The Morgan fingerprint density at radius 1 is 0.882 bits per heavy atom. The van der Waals surface area contributed by atoms with Crippen LogP contribution in [0.5, 0.6) is 0 Å². The zero-order chi connectivity index (χ0) is 37.1. The minimum Gasteiger partial charge on any atom is -0.447 e. The summed E-state index contributed by atoms with van der Waals surface area (Å²) in [7, 11) is 0. The maximum absolute atomic E-state index is 14.7. The number of fused-ring (bicyclic) bond motifs is 1. The van der Waals surface area contributed by atoms with Crippen LogP contribution in [-0.2, 0) is 23.9 Å². The third-order valence-corrected chi connectivity index (χ3v) is 11.8. The third kappa shape index (κ3) is 10.2. The number of hydrogen-bond donors (Lipinski definition) is 5. The number of carbonyl (C=O) groups is 6. The lowest BCUT2D eigenvalue weighted by Gasteiger charge is -2.37. The molecule has 0 aromatic carbocycles. The van der Waals surface area contributed by atoms with Gasteiger partial charge in [-0.05, 0) is 68.1 Å². The van der Waals surface area contributed by atoms with Gasteiger partial charge in [0.1, 0.15) is 18.7 Å². The molecule has 0 bridgehead atoms. The van der Waals surface area contributed by atoms with Crippen LogP contribution in [0.2, 0.25) is 0 Å². The number of unbranched alkanes of at least 4 members (excludes halogenated alkanes) is 1. The molecule has 1 heterocycles. The van der Waals surface area contributed by atoms with Crippen LogP contribution in [-0.4, -0.2) is 90.9 Å². The van der Waals surface area contributed by atoms with Gasteiger partial charge in [-0.3, -0.25) is 19.2 Å². The van der Waals surface area contributed by atoms with E-state index in [-0.39, 0.29) is 48.1 Å². The summed E-state index contributed by atoms with van der Waals surface area (Å²) < 4.78 is 5.47. The summed E-state index contributed by atoms with van der Waals surface area (Å²) >= 11 is 0. The molecule has 4 fully saturated rings. The fourth-order valence-corrected chi connectivity index (χ4v) is 8.73. The van der Waals surface area contributed by atoms with Gasteiger partial charge in [-0.2, -0.15) is 0 Å². The molecule has 1 aliphatic heterocycles. The number of carbonyl (C=O) groups excluding carboxylic acids is 6. The van der Waals surface area contributed by atoms with E-state index in [0.717, 1.165) is 70.6 Å². The molecule has 0 spiro atoms. The monoisotopic (exact) mass is 714 g/mol. The molecule has 4 rings (SSSR count). The van der Waals surface area contributed by atoms with Crippen molar-refractivity contribution in [2.24, 2.45) is 29.1 Å². The summed E-state index contributed by atoms with van der Waals surface area (Å²) in [5, 5.41) is 14.1. The molecule has 0 aromatic rings. The first-order valence-corrected chi connectivity index (χ1v) is 19.5. The lowest BCUT2D eigenvalue weighted by atomic mass is 9.83. The topological polar surface area (TPSA) is 175 Å². The van der Waals surface area contributed by atoms with Crippen molar-refractivity contribution in [3.8, 4) is 0 Å². The van der Waals surface area contributed by atoms with Gasteiger partial charge in [0.15, 0.2) is 0 Å². The van der Waals surface area contributed by atoms with E-state index >= 15 is 0 Å². The largest absolute Gasteiger partial charge is 0.447 e. The van der Waals surface area contributed by atoms with E-state index < -0.39 is 53.9 Å². The Bertz CT molecular complexity index is 1260. The van der Waals surface area contributed by atoms with Gasteiger partial charge in [0.05, 0.1) is 12.1 Å². The number of nitrogens with one attached hydrogen (secondary N) is 5. The van der Waals surface area contributed by atoms with Crippen LogP contribution >= 0.6 is 0 Å². The summed E-state index contributed by atoms with van der Waals surface area (Å²) in [5.74, 6) is -2.21. The molecule has 13 heteroatoms. The molecule has 6 amide bonds. The van der Waals surface area contributed by atoms with E-state index in [9.17, 15) is 28.8 Å². The van der Waals surface area contributed by atoms with Gasteiger partial charge < -0.3 is 36.2 Å². The summed E-state index contributed by atoms with van der Waals surface area (Å²) in [4.78, 5) is 82.1. The van der Waals surface area contributed by atoms with Crippen molar-refractivity contribution >= 4 is 35.6 Å². The van der Waals surface area contributed by atoms with Gasteiger partial charge in [0, 0.05) is 19.6 Å². The number of hydrogen-bond acceptors (Lipinski definition) is 7. The Morgan fingerprint density at radius 3 is 2.14 bits per heavy atom. The highest BCUT2D eigenvalue weighted by Gasteiger charge is 2.69. The number of alkyl carbamates (subject to hydrolysis) is 1. The Balaban J connectivity index is 1.53. The number of rotatable bonds is 17. The maximum atomic E-state index is 14.7. The molecule has 0 aromatic heterocycles. The zero-order valence-corrected chi connectivity index (χ0v) is 31.2. The lowest BCUT2D eigenvalue weighted by molar-refractivity contribution is -0.144. The smallest absolute Gasteiger partial charge is 0.407 e. The van der Waals surface area contributed by atoms with Gasteiger partial charge in [0.25, 0.3) is 5.91 Å². The van der Waals surface area contributed by atoms with Crippen molar-refractivity contribution in [3.63, 3.8) is 0 Å². The summed E-state index contributed by atoms with van der Waals surface area (Å²) in [6.07, 6.45) is 12.2. The number of ether oxygens (including phenoxy) is 1. The predicted octanol–water partition coefficient (Wildman–Crippen LogP) is 3.96. The molecule has 3 aliphatic carbocycles. The highest BCUT2D eigenvalue weighted by molar-refractivity contribution is 6.38. The fraction of sp³-hybridized carbons (Fsp3) is 0.789. The highest BCUT2D eigenvalue weighted by Crippen LogP contribution is 2.65. The molecular weight excluding hydrogens is 652 g/mol. The van der Waals surface area contributed by atoms with Gasteiger partial charge in [-0.15, -0.1) is 6.58 Å². The molecule has 1 saturated heterocycles. The van der Waals surface area contributed by atoms with Crippen molar-refractivity contribution < 1.29 is 33.5 Å². The molecule has 4 aliphatic rings. The first kappa shape index (κ1) is 40.1. The van der Waals surface area contributed by atoms with Gasteiger partial charge >= 0.3 is 12.1 Å². The quantitative estimate of drug-likeness (QED) is 0.112. The van der Waals surface area contributed by atoms with Crippen LogP contribution in [0.25, 0.3) is 0 Å². The Labute approximate surface area is 303 Å². The summed E-state index contributed by atoms with van der Waals surface area (Å²) in [6, 6.07) is -3.59. The van der Waals surface area contributed by atoms with Crippen molar-refractivity contribution in [2.45, 2.75) is 135 Å². The maximum Gasteiger partial charge on any atom is 0.407 e. The van der Waals surface area contributed by atoms with Crippen LogP contribution in [0.15, 0.2) is 12.7 Å². The predicted molar refractivity (Wildman–Crippen MR) is 193 cm³/mol. The molecular formula is C38H62N6O7. The Kier molecular flexibility index (Phi) is 14.7. The SMILES string of the molecule is C=CCNC(=O)C(=O)C(CCCC)NC(=O)[C@@H]1[C@@H]2[C@H](CN1C(=O)[C@@H](NC(=O)N[C@H](COC(=O)NCC)C1CCCCC1)C1CCCCC1)C2(C)C. The molecule has 5 N–H and O–H groups in total. The van der Waals surface area contributed by atoms with Crippen LogP contribution in [0.3, 0.4) is 0 Å². The molecule has 0 radical (unpaired) electrons. The third-order valence-electron chi connectivity index (χ3n) is 11.8. The number of amides is 6. The lowest BCUT2D eigenvalue weighted by Crippen LogP contribution is -2.61. The number of Topliss-reactive ketones (excluding diaryl/α,β-unsaturated/α-hetero) is 1. The number of ketones is 1. The van der Waals surface area contributed by atoms with Crippen LogP contribution in [0.4, 0.5) is 9.59 Å². The second kappa shape index (κ2) is 18.7. The summed E-state index contributed by atoms with van der Waals surface area (Å²) in [6.45, 7) is 12.5. The van der Waals surface area contributed by atoms with Crippen molar-refractivity contribution in [3.05, 3.63) is 12.7 Å². The molecule has 3 saturated carbocycles. The minimum atomic E-state index is -1.02. The van der Waals surface area contributed by atoms with Crippen LogP contribution < -0.4 is 26.6 Å². The first-order chi connectivity index (χ1) is 24.4. The van der Waals surface area contributed by atoms with Crippen LogP contribution in [0.1, 0.15) is 111 Å². The standard InChI is InChI=1S/C38H62N6O7/c1-6-9-20-27(32(45)34(47)40-21-7-2)41-33(46)31-29-26(38(29,4)5)22-44(31)35(48)30(25-18-14-11-15-19-25)43-36(49)42-28(23-51-37(50)39-8-3)24-16-12-10-13-17-24/h7,24-31H,2,6,8-23H2,1,3-5H3,(H,39,50)(H,40,47)(H,41,46)(H2,42,43,49)/t26-,27?,28+,29-,30-,31-/m0/s1. The van der Waals surface area contributed by atoms with E-state index in [1.807, 2.05) is 6.92 Å². The van der Waals surface area contributed by atoms with E-state index in [2.05, 4.69) is 47.0 Å². The molecule has 13 nitrogen and oxygen atoms in total. The second-order valence-corrected chi connectivity index (χ2v) is 15.6. The number of piperidine rings is 1. The molecule has 286 valence electrons. The first-order valence-electron chi connectivity index (χ1n) is 19.5. The zero-order valence-electron chi connectivity index (χ0n) is 31.2. The van der Waals surface area contributed by atoms with Crippen molar-refractivity contribution in [2.75, 3.05) is 26.2 Å². The highest BCUT2D eigenvalue weighted by atomic mass is 16.5. The van der Waals surface area contributed by atoms with Crippen molar-refractivity contribution in [1.82, 2.24) is 31.5 Å². The average molecular weight is 715 g/mol. The van der Waals surface area contributed by atoms with Crippen LogP contribution in [0, 0.1) is 29.1 Å². The van der Waals surface area contributed by atoms with Crippen molar-refractivity contribution in [1.29, 1.82) is 0 Å². The van der Waals surface area contributed by atoms with Gasteiger partial charge in [-0.1, -0.05) is 78.2 Å². The van der Waals surface area contributed by atoms with E-state index in [4.69, 9.17) is 4.74 Å².